The van der Waals surface area contributed by atoms with E-state index in [1.54, 1.807) is 12.1 Å². The Morgan fingerprint density at radius 2 is 2.00 bits per heavy atom. The van der Waals surface area contributed by atoms with Crippen molar-refractivity contribution in [1.29, 1.82) is 0 Å². The van der Waals surface area contributed by atoms with Crippen molar-refractivity contribution in [3.05, 3.63) is 58.1 Å². The van der Waals surface area contributed by atoms with E-state index in [0.29, 0.717) is 18.5 Å². The predicted octanol–water partition coefficient (Wildman–Crippen LogP) is 2.46. The van der Waals surface area contributed by atoms with Gasteiger partial charge >= 0.3 is 5.97 Å². The Hall–Kier alpha value is -2.23. The minimum Gasteiger partial charge on any atom is -0.456 e. The summed E-state index contributed by atoms with van der Waals surface area (Å²) < 4.78 is 31.2. The van der Waals surface area contributed by atoms with Crippen molar-refractivity contribution in [2.24, 2.45) is 0 Å². The van der Waals surface area contributed by atoms with Gasteiger partial charge in [-0.3, -0.25) is 9.59 Å². The van der Waals surface area contributed by atoms with E-state index in [4.69, 9.17) is 4.74 Å². The van der Waals surface area contributed by atoms with E-state index in [9.17, 15) is 18.0 Å². The van der Waals surface area contributed by atoms with Crippen LogP contribution < -0.4 is 10.6 Å². The number of esters is 1. The van der Waals surface area contributed by atoms with E-state index in [-0.39, 0.29) is 23.0 Å². The third kappa shape index (κ3) is 2.99. The van der Waals surface area contributed by atoms with Gasteiger partial charge in [0, 0.05) is 28.7 Å². The lowest BCUT2D eigenvalue weighted by Crippen LogP contribution is -2.36. The lowest BCUT2D eigenvalue weighted by atomic mass is 9.79. The highest BCUT2D eigenvalue weighted by atomic mass is 79.9. The molecular formula is C21H19BrN2O5S. The zero-order chi connectivity index (χ0) is 21.1. The maximum atomic E-state index is 13.0. The van der Waals surface area contributed by atoms with Gasteiger partial charge in [0.2, 0.25) is 5.91 Å². The average molecular weight is 491 g/mol. The fourth-order valence-electron chi connectivity index (χ4n) is 4.64. The Labute approximate surface area is 182 Å². The standard InChI is InChI=1S/C21H19BrN2O5S/c22-12-5-6-18-13(9-12)17(7-8-30(18,27)28)29-19(25)16-10-21(11-23-16)14-3-1-2-4-15(14)24-20(21)26/h1-6,9,16-17,23H,7-8,10-11H2,(H,24,26)/t16-,17?,21-/m1/s1. The number of hydrogen-bond donors (Lipinski definition) is 2. The minimum absolute atomic E-state index is 0.0720. The van der Waals surface area contributed by atoms with Crippen LogP contribution in [0.2, 0.25) is 0 Å². The summed E-state index contributed by atoms with van der Waals surface area (Å²) in [6, 6.07) is 11.7. The van der Waals surface area contributed by atoms with E-state index < -0.39 is 33.4 Å². The number of rotatable bonds is 2. The normalized spacial score (nSPS) is 28.6. The Bertz CT molecular complexity index is 1180. The molecule has 2 aromatic rings. The van der Waals surface area contributed by atoms with E-state index in [1.807, 2.05) is 24.3 Å². The predicted molar refractivity (Wildman–Crippen MR) is 113 cm³/mol. The molecule has 0 saturated carbocycles. The van der Waals surface area contributed by atoms with Gasteiger partial charge in [-0.15, -0.1) is 0 Å². The molecule has 3 atom stereocenters. The van der Waals surface area contributed by atoms with Gasteiger partial charge < -0.3 is 15.4 Å². The summed E-state index contributed by atoms with van der Waals surface area (Å²) in [5.74, 6) is -0.666. The Balaban J connectivity index is 1.38. The topological polar surface area (TPSA) is 102 Å². The number of para-hydroxylation sites is 1. The zero-order valence-corrected chi connectivity index (χ0v) is 18.3. The van der Waals surface area contributed by atoms with Crippen LogP contribution in [0.15, 0.2) is 51.8 Å². The van der Waals surface area contributed by atoms with Crippen LogP contribution in [0, 0.1) is 0 Å². The molecule has 0 aliphatic carbocycles. The number of amides is 1. The molecule has 1 saturated heterocycles. The molecule has 0 aromatic heterocycles. The molecule has 1 unspecified atom stereocenters. The van der Waals surface area contributed by atoms with E-state index in [1.165, 1.54) is 6.07 Å². The number of benzene rings is 2. The first-order chi connectivity index (χ1) is 14.3. The van der Waals surface area contributed by atoms with Gasteiger partial charge in [0.05, 0.1) is 16.1 Å². The van der Waals surface area contributed by atoms with Crippen LogP contribution in [0.1, 0.15) is 30.1 Å². The largest absolute Gasteiger partial charge is 0.456 e. The lowest BCUT2D eigenvalue weighted by molar-refractivity contribution is -0.152. The second kappa shape index (κ2) is 6.90. The molecule has 2 aromatic carbocycles. The number of sulfone groups is 1. The molecule has 7 nitrogen and oxygen atoms in total. The molecule has 3 aliphatic heterocycles. The molecular weight excluding hydrogens is 472 g/mol. The summed E-state index contributed by atoms with van der Waals surface area (Å²) in [5, 5.41) is 6.04. The van der Waals surface area contributed by atoms with Crippen molar-refractivity contribution in [1.82, 2.24) is 5.32 Å². The summed E-state index contributed by atoms with van der Waals surface area (Å²) in [7, 11) is -3.39. The summed E-state index contributed by atoms with van der Waals surface area (Å²) in [6.45, 7) is 0.344. The number of halogens is 1. The fraction of sp³-hybridized carbons (Fsp3) is 0.333. The highest BCUT2D eigenvalue weighted by Gasteiger charge is 2.53. The number of carbonyl (C=O) groups is 2. The number of nitrogens with one attached hydrogen (secondary N) is 2. The number of fused-ring (bicyclic) bond motifs is 3. The SMILES string of the molecule is O=C(OC1CCS(=O)(=O)c2ccc(Br)cc21)[C@H]1C[C@]2(CN1)C(=O)Nc1ccccc12. The van der Waals surface area contributed by atoms with Crippen LogP contribution in [-0.2, 0) is 29.6 Å². The monoisotopic (exact) mass is 490 g/mol. The van der Waals surface area contributed by atoms with E-state index >= 15 is 0 Å². The second-order valence-electron chi connectivity index (χ2n) is 7.93. The average Bonchev–Trinajstić information content (AvgIpc) is 3.27. The molecule has 1 amide bonds. The van der Waals surface area contributed by atoms with Crippen LogP contribution in [-0.4, -0.2) is 38.6 Å². The third-order valence-electron chi connectivity index (χ3n) is 6.17. The van der Waals surface area contributed by atoms with Crippen molar-refractivity contribution in [3.63, 3.8) is 0 Å². The van der Waals surface area contributed by atoms with E-state index in [0.717, 1.165) is 15.7 Å². The van der Waals surface area contributed by atoms with Crippen molar-refractivity contribution in [3.8, 4) is 0 Å². The van der Waals surface area contributed by atoms with Gasteiger partial charge in [-0.25, -0.2) is 8.42 Å². The maximum Gasteiger partial charge on any atom is 0.323 e. The summed E-state index contributed by atoms with van der Waals surface area (Å²) >= 11 is 3.36. The van der Waals surface area contributed by atoms with Crippen molar-refractivity contribution >= 4 is 43.3 Å². The summed E-state index contributed by atoms with van der Waals surface area (Å²) in [5.41, 5.74) is 1.35. The number of ether oxygens (including phenoxy) is 1. The van der Waals surface area contributed by atoms with Gasteiger partial charge in [0.15, 0.2) is 9.84 Å². The van der Waals surface area contributed by atoms with Crippen molar-refractivity contribution < 1.29 is 22.7 Å². The second-order valence-corrected chi connectivity index (χ2v) is 10.9. The molecule has 5 rings (SSSR count). The molecule has 30 heavy (non-hydrogen) atoms. The molecule has 0 radical (unpaired) electrons. The molecule has 0 bridgehead atoms. The van der Waals surface area contributed by atoms with Crippen LogP contribution in [0.3, 0.4) is 0 Å². The molecule has 156 valence electrons. The van der Waals surface area contributed by atoms with Gasteiger partial charge in [-0.2, -0.15) is 0 Å². The minimum atomic E-state index is -3.39. The van der Waals surface area contributed by atoms with E-state index in [2.05, 4.69) is 26.6 Å². The molecule has 1 fully saturated rings. The van der Waals surface area contributed by atoms with Gasteiger partial charge in [0.25, 0.3) is 0 Å². The van der Waals surface area contributed by atoms with Gasteiger partial charge in [-0.1, -0.05) is 34.1 Å². The summed E-state index contributed by atoms with van der Waals surface area (Å²) in [6.07, 6.45) is -0.138. The first-order valence-corrected chi connectivity index (χ1v) is 12.1. The lowest BCUT2D eigenvalue weighted by Gasteiger charge is -2.27. The van der Waals surface area contributed by atoms with Crippen LogP contribution >= 0.6 is 15.9 Å². The number of hydrogen-bond acceptors (Lipinski definition) is 6. The van der Waals surface area contributed by atoms with Crippen LogP contribution in [0.25, 0.3) is 0 Å². The fourth-order valence-corrected chi connectivity index (χ4v) is 6.58. The Morgan fingerprint density at radius 3 is 2.83 bits per heavy atom. The summed E-state index contributed by atoms with van der Waals surface area (Å²) in [4.78, 5) is 25.9. The van der Waals surface area contributed by atoms with Crippen molar-refractivity contribution in [2.75, 3.05) is 17.6 Å². The highest BCUT2D eigenvalue weighted by molar-refractivity contribution is 9.10. The molecule has 3 aliphatic rings. The number of carbonyl (C=O) groups excluding carboxylic acids is 2. The molecule has 1 spiro atoms. The van der Waals surface area contributed by atoms with Gasteiger partial charge in [-0.05, 0) is 36.2 Å². The molecule has 9 heteroatoms. The smallest absolute Gasteiger partial charge is 0.323 e. The third-order valence-corrected chi connectivity index (χ3v) is 8.48. The first kappa shape index (κ1) is 19.7. The Morgan fingerprint density at radius 1 is 1.20 bits per heavy atom. The molecule has 3 heterocycles. The Kier molecular flexibility index (Phi) is 4.53. The van der Waals surface area contributed by atoms with Crippen LogP contribution in [0.5, 0.6) is 0 Å². The quantitative estimate of drug-likeness (QED) is 0.627. The molecule has 2 N–H and O–H groups in total. The van der Waals surface area contributed by atoms with Crippen LogP contribution in [0.4, 0.5) is 5.69 Å². The zero-order valence-electron chi connectivity index (χ0n) is 15.9. The van der Waals surface area contributed by atoms with Gasteiger partial charge in [0.1, 0.15) is 12.1 Å². The maximum absolute atomic E-state index is 13.0. The highest BCUT2D eigenvalue weighted by Crippen LogP contribution is 2.44. The first-order valence-electron chi connectivity index (χ1n) is 9.67. The van der Waals surface area contributed by atoms with Crippen molar-refractivity contribution in [2.45, 2.75) is 35.3 Å². The number of anilines is 1.